The first-order valence-corrected chi connectivity index (χ1v) is 10.3. The summed E-state index contributed by atoms with van der Waals surface area (Å²) in [6.45, 7) is 0.275. The number of para-hydroxylation sites is 1. The first kappa shape index (κ1) is 19.8. The maximum atomic E-state index is 10.9. The molecule has 1 atom stereocenters. The second-order valence-electron chi connectivity index (χ2n) is 6.69. The van der Waals surface area contributed by atoms with Crippen LogP contribution in [-0.2, 0) is 6.54 Å². The number of aliphatic hydroxyl groups is 1. The molecule has 0 aliphatic heterocycles. The van der Waals surface area contributed by atoms with E-state index in [4.69, 9.17) is 4.99 Å². The average molecular weight is 417 g/mol. The molecule has 7 heteroatoms. The van der Waals surface area contributed by atoms with E-state index in [9.17, 15) is 15.2 Å². The van der Waals surface area contributed by atoms with Gasteiger partial charge in [0, 0.05) is 17.5 Å². The van der Waals surface area contributed by atoms with Crippen molar-refractivity contribution in [2.45, 2.75) is 12.6 Å². The van der Waals surface area contributed by atoms with Gasteiger partial charge in [-0.25, -0.2) is 4.99 Å². The topological polar surface area (TPSA) is 80.7 Å². The quantitative estimate of drug-likeness (QED) is 0.350. The Labute approximate surface area is 177 Å². The summed E-state index contributed by atoms with van der Waals surface area (Å²) < 4.78 is 1.99. The van der Waals surface area contributed by atoms with Gasteiger partial charge in [-0.2, -0.15) is 0 Å². The lowest BCUT2D eigenvalue weighted by atomic mass is 10.1. The van der Waals surface area contributed by atoms with Crippen molar-refractivity contribution in [1.29, 1.82) is 0 Å². The van der Waals surface area contributed by atoms with E-state index in [1.54, 1.807) is 12.1 Å². The number of aromatic nitrogens is 1. The van der Waals surface area contributed by atoms with Gasteiger partial charge in [-0.05, 0) is 35.4 Å². The van der Waals surface area contributed by atoms with E-state index in [2.05, 4.69) is 0 Å². The molecule has 1 heterocycles. The van der Waals surface area contributed by atoms with E-state index in [-0.39, 0.29) is 12.2 Å². The predicted octanol–water partition coefficient (Wildman–Crippen LogP) is 5.09. The summed E-state index contributed by atoms with van der Waals surface area (Å²) in [4.78, 5) is 16.0. The van der Waals surface area contributed by atoms with Crippen LogP contribution < -0.4 is 4.80 Å². The van der Waals surface area contributed by atoms with Gasteiger partial charge in [0.15, 0.2) is 4.80 Å². The van der Waals surface area contributed by atoms with Crippen LogP contribution in [0.2, 0.25) is 0 Å². The molecule has 0 fully saturated rings. The Kier molecular flexibility index (Phi) is 5.83. The summed E-state index contributed by atoms with van der Waals surface area (Å²) in [5, 5.41) is 23.8. The molecule has 30 heavy (non-hydrogen) atoms. The zero-order valence-electron chi connectivity index (χ0n) is 16.0. The van der Waals surface area contributed by atoms with Crippen LogP contribution >= 0.6 is 11.3 Å². The predicted molar refractivity (Wildman–Crippen MR) is 117 cm³/mol. The molecule has 0 aliphatic rings. The summed E-state index contributed by atoms with van der Waals surface area (Å²) in [6, 6.07) is 25.6. The van der Waals surface area contributed by atoms with Gasteiger partial charge in [-0.15, -0.1) is 11.3 Å². The van der Waals surface area contributed by atoms with Crippen molar-refractivity contribution >= 4 is 22.7 Å². The van der Waals surface area contributed by atoms with E-state index in [0.717, 1.165) is 21.7 Å². The van der Waals surface area contributed by atoms with Gasteiger partial charge in [-0.1, -0.05) is 48.5 Å². The van der Waals surface area contributed by atoms with Crippen LogP contribution in [0.25, 0.3) is 11.3 Å². The summed E-state index contributed by atoms with van der Waals surface area (Å²) in [5.74, 6) is 0. The van der Waals surface area contributed by atoms with Crippen LogP contribution in [0.5, 0.6) is 0 Å². The molecule has 0 aliphatic carbocycles. The highest BCUT2D eigenvalue weighted by Gasteiger charge is 2.15. The number of aliphatic hydroxyl groups excluding tert-OH is 1. The fraction of sp³-hybridized carbons (Fsp3) is 0.0870. The van der Waals surface area contributed by atoms with Crippen molar-refractivity contribution in [3.8, 4) is 11.3 Å². The monoisotopic (exact) mass is 417 g/mol. The van der Waals surface area contributed by atoms with Crippen molar-refractivity contribution in [1.82, 2.24) is 4.57 Å². The second-order valence-corrected chi connectivity index (χ2v) is 7.53. The largest absolute Gasteiger partial charge is 0.387 e. The minimum atomic E-state index is -0.836. The van der Waals surface area contributed by atoms with Crippen LogP contribution in [0.4, 0.5) is 11.4 Å². The summed E-state index contributed by atoms with van der Waals surface area (Å²) in [6.07, 6.45) is -0.836. The number of nitro benzene ring substituents is 1. The molecule has 0 saturated carbocycles. The van der Waals surface area contributed by atoms with Crippen molar-refractivity contribution in [3.05, 3.63) is 111 Å². The maximum absolute atomic E-state index is 10.9. The number of non-ortho nitro benzene ring substituents is 1. The Balaban J connectivity index is 1.73. The molecule has 0 radical (unpaired) electrons. The Morgan fingerprint density at radius 2 is 1.60 bits per heavy atom. The third kappa shape index (κ3) is 4.37. The Morgan fingerprint density at radius 1 is 0.967 bits per heavy atom. The third-order valence-electron chi connectivity index (χ3n) is 4.69. The number of hydrogen-bond acceptors (Lipinski definition) is 5. The van der Waals surface area contributed by atoms with E-state index < -0.39 is 11.0 Å². The van der Waals surface area contributed by atoms with Crippen LogP contribution in [0.1, 0.15) is 11.7 Å². The van der Waals surface area contributed by atoms with Crippen LogP contribution in [0.15, 0.2) is 95.3 Å². The highest BCUT2D eigenvalue weighted by molar-refractivity contribution is 7.07. The molecule has 150 valence electrons. The third-order valence-corrected chi connectivity index (χ3v) is 5.56. The molecule has 6 nitrogen and oxygen atoms in total. The minimum absolute atomic E-state index is 0.00104. The van der Waals surface area contributed by atoms with Gasteiger partial charge in [0.05, 0.1) is 29.0 Å². The molecule has 1 N–H and O–H groups in total. The van der Waals surface area contributed by atoms with E-state index in [0.29, 0.717) is 5.56 Å². The molecule has 0 spiro atoms. The first-order valence-electron chi connectivity index (χ1n) is 9.38. The number of benzene rings is 3. The highest BCUT2D eigenvalue weighted by atomic mass is 32.1. The zero-order valence-corrected chi connectivity index (χ0v) is 16.8. The van der Waals surface area contributed by atoms with Gasteiger partial charge in [0.2, 0.25) is 0 Å². The lowest BCUT2D eigenvalue weighted by molar-refractivity contribution is -0.384. The normalized spacial score (nSPS) is 12.6. The van der Waals surface area contributed by atoms with E-state index in [1.807, 2.05) is 70.6 Å². The summed E-state index contributed by atoms with van der Waals surface area (Å²) in [5.41, 5.74) is 3.43. The lowest BCUT2D eigenvalue weighted by Crippen LogP contribution is -2.20. The minimum Gasteiger partial charge on any atom is -0.387 e. The molecule has 0 unspecified atom stereocenters. The number of rotatable bonds is 6. The molecule has 0 saturated heterocycles. The van der Waals surface area contributed by atoms with Crippen LogP contribution in [0.3, 0.4) is 0 Å². The van der Waals surface area contributed by atoms with Crippen molar-refractivity contribution in [3.63, 3.8) is 0 Å². The summed E-state index contributed by atoms with van der Waals surface area (Å²) >= 11 is 1.51. The molecule has 0 amide bonds. The standard InChI is InChI=1S/C23H19N3O3S/c27-22(18-11-13-20(14-12-18)26(28)29)15-25-21(17-7-3-1-4-8-17)16-30-23(25)24-19-9-5-2-6-10-19/h1-14,16,22,27H,15H2/t22-/m0/s1. The fourth-order valence-corrected chi connectivity index (χ4v) is 4.08. The van der Waals surface area contributed by atoms with Crippen molar-refractivity contribution in [2.75, 3.05) is 0 Å². The molecule has 0 bridgehead atoms. The highest BCUT2D eigenvalue weighted by Crippen LogP contribution is 2.24. The summed E-state index contributed by atoms with van der Waals surface area (Å²) in [7, 11) is 0. The van der Waals surface area contributed by atoms with E-state index in [1.165, 1.54) is 23.5 Å². The van der Waals surface area contributed by atoms with Gasteiger partial charge in [0.1, 0.15) is 0 Å². The van der Waals surface area contributed by atoms with Crippen LogP contribution in [-0.4, -0.2) is 14.6 Å². The molecular formula is C23H19N3O3S. The lowest BCUT2D eigenvalue weighted by Gasteiger charge is -2.15. The zero-order chi connectivity index (χ0) is 20.9. The Bertz CT molecular complexity index is 1200. The van der Waals surface area contributed by atoms with Gasteiger partial charge in [0.25, 0.3) is 5.69 Å². The molecule has 3 aromatic carbocycles. The smallest absolute Gasteiger partial charge is 0.269 e. The average Bonchev–Trinajstić information content (AvgIpc) is 3.17. The van der Waals surface area contributed by atoms with Crippen molar-refractivity contribution in [2.24, 2.45) is 4.99 Å². The van der Waals surface area contributed by atoms with E-state index >= 15 is 0 Å². The van der Waals surface area contributed by atoms with Gasteiger partial charge >= 0.3 is 0 Å². The Hall–Kier alpha value is -3.55. The number of nitrogens with zero attached hydrogens (tertiary/aromatic N) is 3. The molecule has 4 aromatic rings. The fourth-order valence-electron chi connectivity index (χ4n) is 3.14. The Morgan fingerprint density at radius 3 is 2.23 bits per heavy atom. The first-order chi connectivity index (χ1) is 14.6. The van der Waals surface area contributed by atoms with Crippen molar-refractivity contribution < 1.29 is 10.0 Å². The van der Waals surface area contributed by atoms with Gasteiger partial charge < -0.3 is 9.67 Å². The second kappa shape index (κ2) is 8.86. The maximum Gasteiger partial charge on any atom is 0.269 e. The van der Waals surface area contributed by atoms with Gasteiger partial charge in [-0.3, -0.25) is 10.1 Å². The molecular weight excluding hydrogens is 398 g/mol. The van der Waals surface area contributed by atoms with Crippen LogP contribution in [0, 0.1) is 10.1 Å². The molecule has 1 aromatic heterocycles. The number of thiazole rings is 1. The number of hydrogen-bond donors (Lipinski definition) is 1. The SMILES string of the molecule is O=[N+]([O-])c1ccc([C@@H](O)Cn2c(-c3ccccc3)csc2=Nc2ccccc2)cc1. The molecule has 4 rings (SSSR count). The number of nitro groups is 1.